The first-order chi connectivity index (χ1) is 8.40. The lowest BCUT2D eigenvalue weighted by Gasteiger charge is -2.16. The summed E-state index contributed by atoms with van der Waals surface area (Å²) in [5, 5.41) is 7.80. The van der Waals surface area contributed by atoms with Gasteiger partial charge < -0.3 is 5.32 Å². The zero-order valence-electron chi connectivity index (χ0n) is 10.2. The fourth-order valence-corrected chi connectivity index (χ4v) is 2.81. The van der Waals surface area contributed by atoms with Gasteiger partial charge in [-0.05, 0) is 54.3 Å². The molecule has 2 aromatic rings. The van der Waals surface area contributed by atoms with Crippen molar-refractivity contribution < 1.29 is 0 Å². The van der Waals surface area contributed by atoms with E-state index in [0.29, 0.717) is 6.04 Å². The molecule has 1 nitrogen and oxygen atoms in total. The number of hydrogen-bond acceptors (Lipinski definition) is 2. The van der Waals surface area contributed by atoms with Crippen molar-refractivity contribution in [2.24, 2.45) is 0 Å². The molecule has 0 fully saturated rings. The monoisotopic (exact) mass is 245 g/mol. The summed E-state index contributed by atoms with van der Waals surface area (Å²) in [5.41, 5.74) is 2.86. The Morgan fingerprint density at radius 1 is 1.18 bits per heavy atom. The molecule has 0 spiro atoms. The summed E-state index contributed by atoms with van der Waals surface area (Å²) in [5.74, 6) is 0. The van der Waals surface area contributed by atoms with Crippen LogP contribution in [0.5, 0.6) is 0 Å². The molecule has 0 radical (unpaired) electrons. The minimum atomic E-state index is 0.481. The average Bonchev–Trinajstić information content (AvgIpc) is 2.89. The van der Waals surface area contributed by atoms with Crippen LogP contribution in [0, 0.1) is 0 Å². The highest BCUT2D eigenvalue weighted by atomic mass is 32.1. The van der Waals surface area contributed by atoms with Crippen LogP contribution in [0.15, 0.2) is 47.2 Å². The minimum Gasteiger partial charge on any atom is -0.313 e. The molecule has 0 saturated carbocycles. The van der Waals surface area contributed by atoms with E-state index in [4.69, 9.17) is 0 Å². The Balaban J connectivity index is 1.84. The first-order valence-electron chi connectivity index (χ1n) is 6.13. The van der Waals surface area contributed by atoms with Crippen LogP contribution < -0.4 is 5.32 Å². The summed E-state index contributed by atoms with van der Waals surface area (Å²) < 4.78 is 0. The summed E-state index contributed by atoms with van der Waals surface area (Å²) in [6, 6.07) is 13.4. The third kappa shape index (κ3) is 3.69. The molecule has 1 aromatic heterocycles. The van der Waals surface area contributed by atoms with Gasteiger partial charge in [-0.25, -0.2) is 0 Å². The van der Waals surface area contributed by atoms with E-state index in [-0.39, 0.29) is 0 Å². The molecule has 1 heterocycles. The van der Waals surface area contributed by atoms with Crippen LogP contribution in [-0.4, -0.2) is 7.05 Å². The maximum atomic E-state index is 3.40. The molecular formula is C15H19NS. The van der Waals surface area contributed by atoms with Crippen LogP contribution in [-0.2, 0) is 6.42 Å². The second-order valence-corrected chi connectivity index (χ2v) is 5.06. The Hall–Kier alpha value is -1.12. The SMILES string of the molecule is CNC(CCCc1ccsc1)c1ccccc1. The zero-order chi connectivity index (χ0) is 11.9. The second-order valence-electron chi connectivity index (χ2n) is 4.28. The molecule has 0 aliphatic rings. The van der Waals surface area contributed by atoms with Crippen molar-refractivity contribution in [3.8, 4) is 0 Å². The maximum absolute atomic E-state index is 3.40. The van der Waals surface area contributed by atoms with Gasteiger partial charge in [-0.3, -0.25) is 0 Å². The molecule has 2 rings (SSSR count). The summed E-state index contributed by atoms with van der Waals surface area (Å²) in [6.45, 7) is 0. The van der Waals surface area contributed by atoms with Gasteiger partial charge in [0.1, 0.15) is 0 Å². The van der Waals surface area contributed by atoms with E-state index >= 15 is 0 Å². The van der Waals surface area contributed by atoms with Gasteiger partial charge in [-0.2, -0.15) is 11.3 Å². The molecule has 0 aliphatic heterocycles. The molecule has 90 valence electrons. The molecule has 1 unspecified atom stereocenters. The largest absolute Gasteiger partial charge is 0.313 e. The van der Waals surface area contributed by atoms with E-state index in [2.05, 4.69) is 52.5 Å². The molecule has 0 amide bonds. The molecule has 17 heavy (non-hydrogen) atoms. The Kier molecular flexibility index (Phi) is 4.77. The van der Waals surface area contributed by atoms with Gasteiger partial charge in [0.25, 0.3) is 0 Å². The maximum Gasteiger partial charge on any atom is 0.0317 e. The van der Waals surface area contributed by atoms with Gasteiger partial charge in [-0.15, -0.1) is 0 Å². The Labute approximate surface area is 108 Å². The average molecular weight is 245 g/mol. The summed E-state index contributed by atoms with van der Waals surface area (Å²) in [6.07, 6.45) is 3.61. The van der Waals surface area contributed by atoms with Crippen LogP contribution in [0.4, 0.5) is 0 Å². The highest BCUT2D eigenvalue weighted by molar-refractivity contribution is 7.07. The molecule has 0 bridgehead atoms. The van der Waals surface area contributed by atoms with E-state index in [1.54, 1.807) is 11.3 Å². The van der Waals surface area contributed by atoms with Crippen LogP contribution in [0.1, 0.15) is 30.0 Å². The number of aryl methyl sites for hydroxylation is 1. The predicted molar refractivity (Wildman–Crippen MR) is 75.5 cm³/mol. The first kappa shape index (κ1) is 12.3. The second kappa shape index (κ2) is 6.58. The lowest BCUT2D eigenvalue weighted by molar-refractivity contribution is 0.527. The van der Waals surface area contributed by atoms with Gasteiger partial charge in [0.2, 0.25) is 0 Å². The molecule has 2 heteroatoms. The van der Waals surface area contributed by atoms with Gasteiger partial charge in [0.15, 0.2) is 0 Å². The quantitative estimate of drug-likeness (QED) is 0.810. The number of nitrogens with one attached hydrogen (secondary N) is 1. The van der Waals surface area contributed by atoms with Crippen molar-refractivity contribution in [2.75, 3.05) is 7.05 Å². The molecule has 0 saturated heterocycles. The number of rotatable bonds is 6. The highest BCUT2D eigenvalue weighted by Crippen LogP contribution is 2.19. The Bertz CT molecular complexity index is 408. The van der Waals surface area contributed by atoms with E-state index < -0.39 is 0 Å². The number of benzene rings is 1. The smallest absolute Gasteiger partial charge is 0.0317 e. The van der Waals surface area contributed by atoms with Crippen LogP contribution in [0.25, 0.3) is 0 Å². The van der Waals surface area contributed by atoms with Gasteiger partial charge in [0, 0.05) is 6.04 Å². The van der Waals surface area contributed by atoms with Crippen LogP contribution in [0.2, 0.25) is 0 Å². The van der Waals surface area contributed by atoms with E-state index in [0.717, 1.165) is 0 Å². The summed E-state index contributed by atoms with van der Waals surface area (Å²) >= 11 is 1.78. The lowest BCUT2D eigenvalue weighted by Crippen LogP contribution is -2.16. The summed E-state index contributed by atoms with van der Waals surface area (Å²) in [7, 11) is 2.04. The normalized spacial score (nSPS) is 12.5. The van der Waals surface area contributed by atoms with Crippen molar-refractivity contribution >= 4 is 11.3 Å². The first-order valence-corrected chi connectivity index (χ1v) is 7.07. The van der Waals surface area contributed by atoms with E-state index in [1.165, 1.54) is 30.4 Å². The van der Waals surface area contributed by atoms with Gasteiger partial charge in [0.05, 0.1) is 0 Å². The number of hydrogen-bond donors (Lipinski definition) is 1. The standard InChI is InChI=1S/C15H19NS/c1-16-15(14-7-3-2-4-8-14)9-5-6-13-10-11-17-12-13/h2-4,7-8,10-12,15-16H,5-6,9H2,1H3. The fraction of sp³-hybridized carbons (Fsp3) is 0.333. The third-order valence-corrected chi connectivity index (χ3v) is 3.82. The van der Waals surface area contributed by atoms with Crippen molar-refractivity contribution in [1.82, 2.24) is 5.32 Å². The van der Waals surface area contributed by atoms with Gasteiger partial charge >= 0.3 is 0 Å². The molecule has 1 atom stereocenters. The number of thiophene rings is 1. The Morgan fingerprint density at radius 3 is 2.65 bits per heavy atom. The van der Waals surface area contributed by atoms with Crippen molar-refractivity contribution in [2.45, 2.75) is 25.3 Å². The van der Waals surface area contributed by atoms with E-state index in [1.807, 2.05) is 7.05 Å². The van der Waals surface area contributed by atoms with Crippen LogP contribution >= 0.6 is 11.3 Å². The summed E-state index contributed by atoms with van der Waals surface area (Å²) in [4.78, 5) is 0. The van der Waals surface area contributed by atoms with E-state index in [9.17, 15) is 0 Å². The predicted octanol–water partition coefficient (Wildman–Crippen LogP) is 4.03. The minimum absolute atomic E-state index is 0.481. The molecule has 0 aliphatic carbocycles. The van der Waals surface area contributed by atoms with Gasteiger partial charge in [-0.1, -0.05) is 30.3 Å². The van der Waals surface area contributed by atoms with Crippen molar-refractivity contribution in [3.63, 3.8) is 0 Å². The topological polar surface area (TPSA) is 12.0 Å². The van der Waals surface area contributed by atoms with Crippen molar-refractivity contribution in [1.29, 1.82) is 0 Å². The zero-order valence-corrected chi connectivity index (χ0v) is 11.0. The fourth-order valence-electron chi connectivity index (χ4n) is 2.11. The van der Waals surface area contributed by atoms with Crippen LogP contribution in [0.3, 0.4) is 0 Å². The Morgan fingerprint density at radius 2 is 2.00 bits per heavy atom. The lowest BCUT2D eigenvalue weighted by atomic mass is 10.00. The highest BCUT2D eigenvalue weighted by Gasteiger charge is 2.07. The molecular weight excluding hydrogens is 226 g/mol. The third-order valence-electron chi connectivity index (χ3n) is 3.09. The molecule has 1 N–H and O–H groups in total. The molecule has 1 aromatic carbocycles. The van der Waals surface area contributed by atoms with Crippen molar-refractivity contribution in [3.05, 3.63) is 58.3 Å².